The molecule has 1 heterocycles. The molecular weight excluding hydrogens is 311 g/mol. The van der Waals surface area contributed by atoms with Crippen LogP contribution in [0.15, 0.2) is 6.07 Å². The van der Waals surface area contributed by atoms with Crippen LogP contribution < -0.4 is 4.74 Å². The number of alkyl halides is 5. The number of carboxylic acids is 1. The molecule has 0 aliphatic rings. The van der Waals surface area contributed by atoms with Crippen LogP contribution in [0.25, 0.3) is 0 Å². The van der Waals surface area contributed by atoms with Crippen molar-refractivity contribution in [3.63, 3.8) is 0 Å². The zero-order valence-electron chi connectivity index (χ0n) is 9.73. The van der Waals surface area contributed by atoms with Gasteiger partial charge in [-0.2, -0.15) is 0 Å². The number of nitro groups is 1. The third kappa shape index (κ3) is 4.50. The first-order valence-corrected chi connectivity index (χ1v) is 4.95. The van der Waals surface area contributed by atoms with E-state index < -0.39 is 52.9 Å². The highest BCUT2D eigenvalue weighted by molar-refractivity contribution is 5.72. The molecule has 21 heavy (non-hydrogen) atoms. The Bertz CT molecular complexity index is 574. The molecule has 1 aromatic heterocycles. The van der Waals surface area contributed by atoms with Crippen molar-refractivity contribution in [2.75, 3.05) is 0 Å². The molecule has 0 aromatic carbocycles. The number of rotatable bonds is 5. The van der Waals surface area contributed by atoms with Gasteiger partial charge in [0, 0.05) is 6.07 Å². The Morgan fingerprint density at radius 2 is 2.05 bits per heavy atom. The standard InChI is InChI=1S/C9H5F5N2O5/c10-8(11)4-1-5(21-9(12,13)14)7(16(19)20)3(15-4)2-6(17)18/h1,8H,2H2,(H,17,18). The average Bonchev–Trinajstić information content (AvgIpc) is 2.24. The Kier molecular flexibility index (Phi) is 4.60. The van der Waals surface area contributed by atoms with Gasteiger partial charge in [0.1, 0.15) is 11.4 Å². The number of aliphatic carboxylic acids is 1. The Hall–Kier alpha value is -2.53. The summed E-state index contributed by atoms with van der Waals surface area (Å²) < 4.78 is 64.8. The van der Waals surface area contributed by atoms with E-state index >= 15 is 0 Å². The second-order valence-corrected chi connectivity index (χ2v) is 3.52. The van der Waals surface area contributed by atoms with Crippen LogP contribution in [0.1, 0.15) is 17.8 Å². The largest absolute Gasteiger partial charge is 0.573 e. The van der Waals surface area contributed by atoms with Crippen molar-refractivity contribution >= 4 is 11.7 Å². The zero-order valence-corrected chi connectivity index (χ0v) is 9.73. The molecule has 0 atom stereocenters. The van der Waals surface area contributed by atoms with E-state index in [1.165, 1.54) is 0 Å². The van der Waals surface area contributed by atoms with Crippen molar-refractivity contribution in [1.29, 1.82) is 0 Å². The molecule has 0 unspecified atom stereocenters. The van der Waals surface area contributed by atoms with E-state index in [2.05, 4.69) is 9.72 Å². The third-order valence-electron chi connectivity index (χ3n) is 2.00. The zero-order chi connectivity index (χ0) is 16.4. The van der Waals surface area contributed by atoms with E-state index in [-0.39, 0.29) is 6.07 Å². The number of nitrogens with zero attached hydrogens (tertiary/aromatic N) is 2. The molecule has 0 bridgehead atoms. The lowest BCUT2D eigenvalue weighted by atomic mass is 10.2. The smallest absolute Gasteiger partial charge is 0.481 e. The minimum absolute atomic E-state index is 0.0433. The number of aromatic nitrogens is 1. The van der Waals surface area contributed by atoms with Crippen LogP contribution in [0, 0.1) is 10.1 Å². The number of ether oxygens (including phenoxy) is 1. The van der Waals surface area contributed by atoms with Gasteiger partial charge in [-0.05, 0) is 0 Å². The summed E-state index contributed by atoms with van der Waals surface area (Å²) >= 11 is 0. The van der Waals surface area contributed by atoms with Gasteiger partial charge in [-0.25, -0.2) is 13.8 Å². The number of carbonyl (C=O) groups is 1. The van der Waals surface area contributed by atoms with Crippen LogP contribution in [0.5, 0.6) is 5.75 Å². The molecule has 0 fully saturated rings. The molecule has 12 heteroatoms. The van der Waals surface area contributed by atoms with Crippen LogP contribution in [-0.4, -0.2) is 27.3 Å². The van der Waals surface area contributed by atoms with E-state index in [9.17, 15) is 36.9 Å². The van der Waals surface area contributed by atoms with Crippen molar-refractivity contribution in [2.45, 2.75) is 19.2 Å². The summed E-state index contributed by atoms with van der Waals surface area (Å²) in [5.74, 6) is -3.25. The van der Waals surface area contributed by atoms with Gasteiger partial charge < -0.3 is 9.84 Å². The van der Waals surface area contributed by atoms with Crippen LogP contribution in [-0.2, 0) is 11.2 Å². The van der Waals surface area contributed by atoms with Crippen molar-refractivity contribution in [2.24, 2.45) is 0 Å². The quantitative estimate of drug-likeness (QED) is 0.508. The topological polar surface area (TPSA) is 103 Å². The van der Waals surface area contributed by atoms with E-state index in [1.54, 1.807) is 0 Å². The summed E-state index contributed by atoms with van der Waals surface area (Å²) in [6.07, 6.45) is -9.97. The number of halogens is 5. The van der Waals surface area contributed by atoms with Crippen LogP contribution in [0.2, 0.25) is 0 Å². The summed E-state index contributed by atoms with van der Waals surface area (Å²) in [5, 5.41) is 19.2. The van der Waals surface area contributed by atoms with E-state index in [0.29, 0.717) is 0 Å². The lowest BCUT2D eigenvalue weighted by molar-refractivity contribution is -0.389. The Morgan fingerprint density at radius 1 is 1.48 bits per heavy atom. The molecule has 116 valence electrons. The van der Waals surface area contributed by atoms with Crippen LogP contribution in [0.4, 0.5) is 27.6 Å². The summed E-state index contributed by atoms with van der Waals surface area (Å²) in [6.45, 7) is 0. The minimum Gasteiger partial charge on any atom is -0.481 e. The first kappa shape index (κ1) is 16.5. The SMILES string of the molecule is O=C(O)Cc1nc(C(F)F)cc(OC(F)(F)F)c1[N+](=O)[O-]. The second kappa shape index (κ2) is 5.85. The highest BCUT2D eigenvalue weighted by Gasteiger charge is 2.37. The van der Waals surface area contributed by atoms with E-state index in [0.717, 1.165) is 0 Å². The number of carboxylic acid groups (broad SMARTS) is 1. The molecular formula is C9H5F5N2O5. The molecule has 0 spiro atoms. The molecule has 0 aliphatic carbocycles. The van der Waals surface area contributed by atoms with Crippen molar-refractivity contribution in [1.82, 2.24) is 4.98 Å². The Balaban J connectivity index is 3.52. The minimum atomic E-state index is -5.38. The lowest BCUT2D eigenvalue weighted by Crippen LogP contribution is -2.19. The fourth-order valence-electron chi connectivity index (χ4n) is 1.36. The van der Waals surface area contributed by atoms with Gasteiger partial charge in [-0.1, -0.05) is 0 Å². The first-order valence-electron chi connectivity index (χ1n) is 4.95. The van der Waals surface area contributed by atoms with Gasteiger partial charge in [0.05, 0.1) is 11.3 Å². The monoisotopic (exact) mass is 316 g/mol. The van der Waals surface area contributed by atoms with Crippen molar-refractivity contribution in [3.05, 3.63) is 27.6 Å². The maximum Gasteiger partial charge on any atom is 0.573 e. The highest BCUT2D eigenvalue weighted by Crippen LogP contribution is 2.37. The average molecular weight is 316 g/mol. The van der Waals surface area contributed by atoms with Crippen molar-refractivity contribution in [3.8, 4) is 5.75 Å². The Morgan fingerprint density at radius 3 is 2.43 bits per heavy atom. The predicted molar refractivity (Wildman–Crippen MR) is 53.9 cm³/mol. The molecule has 0 amide bonds. The first-order chi connectivity index (χ1) is 9.51. The van der Waals surface area contributed by atoms with Gasteiger partial charge in [-0.3, -0.25) is 14.9 Å². The fraction of sp³-hybridized carbons (Fsp3) is 0.333. The molecule has 0 saturated heterocycles. The van der Waals surface area contributed by atoms with Gasteiger partial charge in [0.15, 0.2) is 0 Å². The molecule has 0 radical (unpaired) electrons. The summed E-state index contributed by atoms with van der Waals surface area (Å²) in [6, 6.07) is 0.0433. The van der Waals surface area contributed by atoms with Gasteiger partial charge in [0.2, 0.25) is 5.75 Å². The number of hydrogen-bond acceptors (Lipinski definition) is 5. The summed E-state index contributed by atoms with van der Waals surface area (Å²) in [7, 11) is 0. The Labute approximate surface area is 112 Å². The molecule has 1 rings (SSSR count). The molecule has 0 saturated carbocycles. The second-order valence-electron chi connectivity index (χ2n) is 3.52. The predicted octanol–water partition coefficient (Wildman–Crippen LogP) is 2.45. The van der Waals surface area contributed by atoms with Crippen LogP contribution in [0.3, 0.4) is 0 Å². The molecule has 1 N–H and O–H groups in total. The lowest BCUT2D eigenvalue weighted by Gasteiger charge is -2.12. The molecule has 1 aromatic rings. The van der Waals surface area contributed by atoms with Crippen LogP contribution >= 0.6 is 0 Å². The highest BCUT2D eigenvalue weighted by atomic mass is 19.4. The maximum atomic E-state index is 12.5. The maximum absolute atomic E-state index is 12.5. The summed E-state index contributed by atoms with van der Waals surface area (Å²) in [5.41, 5.74) is -3.76. The van der Waals surface area contributed by atoms with E-state index in [4.69, 9.17) is 5.11 Å². The summed E-state index contributed by atoms with van der Waals surface area (Å²) in [4.78, 5) is 22.9. The van der Waals surface area contributed by atoms with Gasteiger partial charge in [-0.15, -0.1) is 13.2 Å². The normalized spacial score (nSPS) is 11.5. The molecule has 0 aliphatic heterocycles. The number of pyridine rings is 1. The van der Waals surface area contributed by atoms with Gasteiger partial charge >= 0.3 is 18.0 Å². The third-order valence-corrected chi connectivity index (χ3v) is 2.00. The molecule has 7 nitrogen and oxygen atoms in total. The van der Waals surface area contributed by atoms with E-state index in [1.807, 2.05) is 0 Å². The van der Waals surface area contributed by atoms with Gasteiger partial charge in [0.25, 0.3) is 6.43 Å². The van der Waals surface area contributed by atoms with Crippen molar-refractivity contribution < 1.29 is 41.5 Å². The fourth-order valence-corrected chi connectivity index (χ4v) is 1.36. The number of hydrogen-bond donors (Lipinski definition) is 1.